The highest BCUT2D eigenvalue weighted by Gasteiger charge is 2.24. The number of hydrogen-bond acceptors (Lipinski definition) is 3. The molecule has 0 amide bonds. The maximum atomic E-state index is 10.5. The highest BCUT2D eigenvalue weighted by atomic mass is 16.4. The molecule has 108 valence electrons. The summed E-state index contributed by atoms with van der Waals surface area (Å²) in [5, 5.41) is 17.7. The average molecular weight is 275 g/mol. The van der Waals surface area contributed by atoms with Crippen LogP contribution in [0.5, 0.6) is 0 Å². The van der Waals surface area contributed by atoms with Crippen molar-refractivity contribution in [2.75, 3.05) is 13.2 Å². The second-order valence-corrected chi connectivity index (χ2v) is 5.19. The molecule has 0 saturated heterocycles. The van der Waals surface area contributed by atoms with Crippen molar-refractivity contribution in [3.63, 3.8) is 0 Å². The van der Waals surface area contributed by atoms with Crippen molar-refractivity contribution in [3.05, 3.63) is 41.5 Å². The predicted molar refractivity (Wildman–Crippen MR) is 78.2 cm³/mol. The number of benzene rings is 1. The Morgan fingerprint density at radius 1 is 1.30 bits per heavy atom. The van der Waals surface area contributed by atoms with E-state index in [4.69, 9.17) is 10.2 Å². The van der Waals surface area contributed by atoms with Gasteiger partial charge in [-0.15, -0.1) is 0 Å². The lowest BCUT2D eigenvalue weighted by Gasteiger charge is -2.37. The van der Waals surface area contributed by atoms with Crippen LogP contribution in [-0.2, 0) is 11.3 Å². The molecule has 1 aromatic rings. The smallest absolute Gasteiger partial charge is 0.328 e. The molecule has 20 heavy (non-hydrogen) atoms. The standard InChI is InChI=1S/C16H21NO3/c18-11-10-17(15-2-1-3-15)12-14-6-4-13(5-7-14)8-9-16(19)20/h4-9,15,18H,1-3,10-12H2,(H,19,20)/b9-8+. The van der Waals surface area contributed by atoms with E-state index in [9.17, 15) is 4.79 Å². The highest BCUT2D eigenvalue weighted by Crippen LogP contribution is 2.26. The van der Waals surface area contributed by atoms with Crippen LogP contribution >= 0.6 is 0 Å². The molecular formula is C16H21NO3. The molecule has 0 heterocycles. The second-order valence-electron chi connectivity index (χ2n) is 5.19. The molecule has 0 unspecified atom stereocenters. The van der Waals surface area contributed by atoms with E-state index in [1.165, 1.54) is 24.8 Å². The summed E-state index contributed by atoms with van der Waals surface area (Å²) in [5.74, 6) is -0.937. The summed E-state index contributed by atoms with van der Waals surface area (Å²) in [7, 11) is 0. The number of aliphatic hydroxyl groups is 1. The molecule has 4 nitrogen and oxygen atoms in total. The van der Waals surface area contributed by atoms with Crippen LogP contribution in [-0.4, -0.2) is 40.3 Å². The first kappa shape index (κ1) is 14.8. The van der Waals surface area contributed by atoms with Gasteiger partial charge in [0.1, 0.15) is 0 Å². The summed E-state index contributed by atoms with van der Waals surface area (Å²) < 4.78 is 0. The van der Waals surface area contributed by atoms with Gasteiger partial charge in [-0.2, -0.15) is 0 Å². The Balaban J connectivity index is 1.96. The van der Waals surface area contributed by atoms with Gasteiger partial charge in [0.2, 0.25) is 0 Å². The molecule has 2 N–H and O–H groups in total. The van der Waals surface area contributed by atoms with Gasteiger partial charge in [-0.1, -0.05) is 30.7 Å². The minimum atomic E-state index is -0.937. The zero-order valence-corrected chi connectivity index (χ0v) is 11.5. The molecule has 0 aliphatic heterocycles. The zero-order chi connectivity index (χ0) is 14.4. The molecule has 0 spiro atoms. The number of nitrogens with zero attached hydrogens (tertiary/aromatic N) is 1. The molecule has 2 rings (SSSR count). The van der Waals surface area contributed by atoms with Crippen LogP contribution in [0.25, 0.3) is 6.08 Å². The first-order valence-corrected chi connectivity index (χ1v) is 7.04. The van der Waals surface area contributed by atoms with Gasteiger partial charge >= 0.3 is 5.97 Å². The Morgan fingerprint density at radius 3 is 2.50 bits per heavy atom. The fourth-order valence-electron chi connectivity index (χ4n) is 2.41. The van der Waals surface area contributed by atoms with Gasteiger partial charge in [0.25, 0.3) is 0 Å². The van der Waals surface area contributed by atoms with E-state index in [0.717, 1.165) is 18.2 Å². The van der Waals surface area contributed by atoms with Crippen LogP contribution in [0.4, 0.5) is 0 Å². The first-order chi connectivity index (χ1) is 9.69. The van der Waals surface area contributed by atoms with E-state index < -0.39 is 5.97 Å². The Hall–Kier alpha value is -1.65. The number of rotatable bonds is 7. The van der Waals surface area contributed by atoms with Crippen LogP contribution in [0.3, 0.4) is 0 Å². The third-order valence-corrected chi connectivity index (χ3v) is 3.76. The van der Waals surface area contributed by atoms with Gasteiger partial charge in [-0.05, 0) is 30.0 Å². The monoisotopic (exact) mass is 275 g/mol. The third-order valence-electron chi connectivity index (χ3n) is 3.76. The molecule has 0 radical (unpaired) electrons. The highest BCUT2D eigenvalue weighted by molar-refractivity contribution is 5.85. The maximum Gasteiger partial charge on any atom is 0.328 e. The second kappa shape index (κ2) is 7.22. The van der Waals surface area contributed by atoms with E-state index in [1.807, 2.05) is 24.3 Å². The molecule has 0 aromatic heterocycles. The van der Waals surface area contributed by atoms with Gasteiger partial charge in [-0.3, -0.25) is 4.90 Å². The van der Waals surface area contributed by atoms with Crippen molar-refractivity contribution in [3.8, 4) is 0 Å². The van der Waals surface area contributed by atoms with E-state index >= 15 is 0 Å². The van der Waals surface area contributed by atoms with Crippen molar-refractivity contribution in [2.45, 2.75) is 31.8 Å². The van der Waals surface area contributed by atoms with Crippen LogP contribution in [0.2, 0.25) is 0 Å². The molecule has 1 aromatic carbocycles. The van der Waals surface area contributed by atoms with Crippen molar-refractivity contribution >= 4 is 12.0 Å². The predicted octanol–water partition coefficient (Wildman–Crippen LogP) is 2.13. The Bertz CT molecular complexity index is 463. The molecule has 1 aliphatic rings. The Morgan fingerprint density at radius 2 is 2.00 bits per heavy atom. The van der Waals surface area contributed by atoms with Gasteiger partial charge in [0, 0.05) is 25.2 Å². The molecular weight excluding hydrogens is 254 g/mol. The lowest BCUT2D eigenvalue weighted by atomic mass is 9.91. The van der Waals surface area contributed by atoms with E-state index in [1.54, 1.807) is 6.08 Å². The lowest BCUT2D eigenvalue weighted by molar-refractivity contribution is -0.131. The summed E-state index contributed by atoms with van der Waals surface area (Å²) in [6.07, 6.45) is 6.45. The average Bonchev–Trinajstić information content (AvgIpc) is 2.36. The Kier molecular flexibility index (Phi) is 5.32. The minimum absolute atomic E-state index is 0.190. The third kappa shape index (κ3) is 4.18. The van der Waals surface area contributed by atoms with Crippen LogP contribution in [0.15, 0.2) is 30.3 Å². The summed E-state index contributed by atoms with van der Waals surface area (Å²) in [4.78, 5) is 12.8. The fourth-order valence-corrected chi connectivity index (χ4v) is 2.41. The normalized spacial score (nSPS) is 15.7. The van der Waals surface area contributed by atoms with Gasteiger partial charge in [0.05, 0.1) is 6.61 Å². The molecule has 1 aliphatic carbocycles. The van der Waals surface area contributed by atoms with Crippen molar-refractivity contribution in [1.82, 2.24) is 4.90 Å². The van der Waals surface area contributed by atoms with Crippen molar-refractivity contribution in [1.29, 1.82) is 0 Å². The van der Waals surface area contributed by atoms with E-state index in [0.29, 0.717) is 12.6 Å². The summed E-state index contributed by atoms with van der Waals surface area (Å²) in [5.41, 5.74) is 2.08. The van der Waals surface area contributed by atoms with Crippen molar-refractivity contribution in [2.24, 2.45) is 0 Å². The zero-order valence-electron chi connectivity index (χ0n) is 11.5. The lowest BCUT2D eigenvalue weighted by Crippen LogP contribution is -2.41. The molecule has 0 bridgehead atoms. The van der Waals surface area contributed by atoms with Crippen LogP contribution < -0.4 is 0 Å². The number of aliphatic hydroxyl groups excluding tert-OH is 1. The summed E-state index contributed by atoms with van der Waals surface area (Å²) >= 11 is 0. The molecule has 4 heteroatoms. The number of carboxylic acids is 1. The molecule has 1 saturated carbocycles. The fraction of sp³-hybridized carbons (Fsp3) is 0.438. The molecule has 1 fully saturated rings. The summed E-state index contributed by atoms with van der Waals surface area (Å²) in [6, 6.07) is 8.49. The number of hydrogen-bond donors (Lipinski definition) is 2. The van der Waals surface area contributed by atoms with E-state index in [-0.39, 0.29) is 6.61 Å². The number of carbonyl (C=O) groups is 1. The molecule has 0 atom stereocenters. The van der Waals surface area contributed by atoms with Gasteiger partial charge in [-0.25, -0.2) is 4.79 Å². The van der Waals surface area contributed by atoms with Crippen molar-refractivity contribution < 1.29 is 15.0 Å². The van der Waals surface area contributed by atoms with Crippen LogP contribution in [0.1, 0.15) is 30.4 Å². The Labute approximate surface area is 119 Å². The SMILES string of the molecule is O=C(O)/C=C/c1ccc(CN(CCO)C2CCC2)cc1. The van der Waals surface area contributed by atoms with Crippen LogP contribution in [0, 0.1) is 0 Å². The first-order valence-electron chi connectivity index (χ1n) is 7.04. The maximum absolute atomic E-state index is 10.5. The quantitative estimate of drug-likeness (QED) is 0.748. The van der Waals surface area contributed by atoms with E-state index in [2.05, 4.69) is 4.90 Å². The minimum Gasteiger partial charge on any atom is -0.478 e. The van der Waals surface area contributed by atoms with Gasteiger partial charge in [0.15, 0.2) is 0 Å². The van der Waals surface area contributed by atoms with Gasteiger partial charge < -0.3 is 10.2 Å². The largest absolute Gasteiger partial charge is 0.478 e. The summed E-state index contributed by atoms with van der Waals surface area (Å²) in [6.45, 7) is 1.75. The number of carboxylic acid groups (broad SMARTS) is 1. The number of aliphatic carboxylic acids is 1. The topological polar surface area (TPSA) is 60.8 Å².